The first-order valence-electron chi connectivity index (χ1n) is 8.29. The predicted octanol–water partition coefficient (Wildman–Crippen LogP) is 2.71. The Kier molecular flexibility index (Phi) is 5.16. The zero-order valence-corrected chi connectivity index (χ0v) is 13.9. The highest BCUT2D eigenvalue weighted by atomic mass is 19.1. The van der Waals surface area contributed by atoms with Gasteiger partial charge in [0.1, 0.15) is 17.4 Å². The van der Waals surface area contributed by atoms with Crippen molar-refractivity contribution in [2.45, 2.75) is 18.9 Å². The van der Waals surface area contributed by atoms with E-state index in [-0.39, 0.29) is 28.8 Å². The third-order valence-electron chi connectivity index (χ3n) is 4.43. The van der Waals surface area contributed by atoms with Crippen molar-refractivity contribution >= 4 is 11.8 Å². The lowest BCUT2D eigenvalue weighted by Gasteiger charge is -2.32. The molecule has 7 heteroatoms. The van der Waals surface area contributed by atoms with Gasteiger partial charge in [-0.25, -0.2) is 8.78 Å². The second-order valence-electron chi connectivity index (χ2n) is 6.18. The highest BCUT2D eigenvalue weighted by Gasteiger charge is 2.26. The van der Waals surface area contributed by atoms with Crippen LogP contribution in [0.2, 0.25) is 0 Å². The van der Waals surface area contributed by atoms with Gasteiger partial charge in [-0.05, 0) is 37.1 Å². The minimum Gasteiger partial charge on any atom is -0.507 e. The lowest BCUT2D eigenvalue weighted by molar-refractivity contribution is 0.0693. The van der Waals surface area contributed by atoms with Crippen LogP contribution in [0.1, 0.15) is 33.6 Å². The molecule has 1 aliphatic heterocycles. The Labute approximate surface area is 149 Å². The molecular formula is C19H18F2N2O3. The minimum atomic E-state index is -0.884. The van der Waals surface area contributed by atoms with Gasteiger partial charge in [0, 0.05) is 25.2 Å². The number of likely N-dealkylation sites (tertiary alicyclic amines) is 1. The predicted molar refractivity (Wildman–Crippen MR) is 90.9 cm³/mol. The van der Waals surface area contributed by atoms with E-state index in [1.165, 1.54) is 17.0 Å². The number of phenols is 1. The van der Waals surface area contributed by atoms with Gasteiger partial charge in [-0.3, -0.25) is 9.59 Å². The number of para-hydroxylation sites is 1. The maximum absolute atomic E-state index is 13.8. The van der Waals surface area contributed by atoms with Gasteiger partial charge >= 0.3 is 0 Å². The SMILES string of the molecule is O=C(NC1CCN(C(=O)c2ccc(F)cc2F)CC1)c1ccccc1O. The Balaban J connectivity index is 1.58. The first-order chi connectivity index (χ1) is 12.5. The number of aromatic hydroxyl groups is 1. The molecular weight excluding hydrogens is 342 g/mol. The van der Waals surface area contributed by atoms with Gasteiger partial charge in [0.25, 0.3) is 11.8 Å². The van der Waals surface area contributed by atoms with Crippen LogP contribution in [0.25, 0.3) is 0 Å². The zero-order valence-electron chi connectivity index (χ0n) is 13.9. The molecule has 2 aromatic rings. The monoisotopic (exact) mass is 360 g/mol. The number of nitrogens with one attached hydrogen (secondary N) is 1. The standard InChI is InChI=1S/C19H18F2N2O3/c20-12-5-6-14(16(21)11-12)19(26)23-9-7-13(8-10-23)22-18(25)15-3-1-2-4-17(15)24/h1-6,11,13,24H,7-10H2,(H,22,25). The molecule has 0 aliphatic carbocycles. The third kappa shape index (κ3) is 3.82. The van der Waals surface area contributed by atoms with Crippen LogP contribution in [0.3, 0.4) is 0 Å². The lowest BCUT2D eigenvalue weighted by Crippen LogP contribution is -2.46. The molecule has 136 valence electrons. The number of phenolic OH excluding ortho intramolecular Hbond substituents is 1. The normalized spacial score (nSPS) is 14.9. The Morgan fingerprint density at radius 2 is 1.73 bits per heavy atom. The van der Waals surface area contributed by atoms with E-state index in [2.05, 4.69) is 5.32 Å². The van der Waals surface area contributed by atoms with Crippen molar-refractivity contribution in [1.82, 2.24) is 10.2 Å². The fourth-order valence-electron chi connectivity index (χ4n) is 2.99. The van der Waals surface area contributed by atoms with Crippen molar-refractivity contribution in [3.8, 4) is 5.75 Å². The first kappa shape index (κ1) is 17.8. The maximum atomic E-state index is 13.8. The third-order valence-corrected chi connectivity index (χ3v) is 4.43. The molecule has 0 saturated carbocycles. The van der Waals surface area contributed by atoms with Crippen LogP contribution >= 0.6 is 0 Å². The van der Waals surface area contributed by atoms with Crippen molar-refractivity contribution in [3.05, 3.63) is 65.2 Å². The highest BCUT2D eigenvalue weighted by Crippen LogP contribution is 2.19. The number of piperidine rings is 1. The molecule has 1 fully saturated rings. The summed E-state index contributed by atoms with van der Waals surface area (Å²) < 4.78 is 26.7. The quantitative estimate of drug-likeness (QED) is 0.884. The topological polar surface area (TPSA) is 69.6 Å². The van der Waals surface area contributed by atoms with Gasteiger partial charge in [-0.15, -0.1) is 0 Å². The van der Waals surface area contributed by atoms with E-state index in [0.717, 1.165) is 12.1 Å². The van der Waals surface area contributed by atoms with Gasteiger partial charge in [0.2, 0.25) is 0 Å². The van der Waals surface area contributed by atoms with E-state index < -0.39 is 17.5 Å². The summed E-state index contributed by atoms with van der Waals surface area (Å²) in [6.45, 7) is 0.697. The van der Waals surface area contributed by atoms with Crippen LogP contribution in [0.4, 0.5) is 8.78 Å². The Bertz CT molecular complexity index is 833. The summed E-state index contributed by atoms with van der Waals surface area (Å²) in [5.74, 6) is -2.58. The van der Waals surface area contributed by atoms with E-state index in [4.69, 9.17) is 0 Å². The second-order valence-corrected chi connectivity index (χ2v) is 6.18. The van der Waals surface area contributed by atoms with Gasteiger partial charge in [0.05, 0.1) is 11.1 Å². The van der Waals surface area contributed by atoms with Crippen LogP contribution in [-0.2, 0) is 0 Å². The molecule has 1 saturated heterocycles. The number of nitrogens with zero attached hydrogens (tertiary/aromatic N) is 1. The van der Waals surface area contributed by atoms with Gasteiger partial charge in [0.15, 0.2) is 0 Å². The zero-order chi connectivity index (χ0) is 18.7. The highest BCUT2D eigenvalue weighted by molar-refractivity contribution is 5.97. The Morgan fingerprint density at radius 1 is 1.04 bits per heavy atom. The smallest absolute Gasteiger partial charge is 0.256 e. The first-order valence-corrected chi connectivity index (χ1v) is 8.29. The summed E-state index contributed by atoms with van der Waals surface area (Å²) in [5, 5.41) is 12.6. The summed E-state index contributed by atoms with van der Waals surface area (Å²) in [5.41, 5.74) is 0.0301. The summed E-state index contributed by atoms with van der Waals surface area (Å²) in [4.78, 5) is 26.1. The number of halogens is 2. The number of rotatable bonds is 3. The summed E-state index contributed by atoms with van der Waals surface area (Å²) in [7, 11) is 0. The number of carbonyl (C=O) groups excluding carboxylic acids is 2. The largest absolute Gasteiger partial charge is 0.507 e. The summed E-state index contributed by atoms with van der Waals surface area (Å²) in [6.07, 6.45) is 1.02. The van der Waals surface area contributed by atoms with Gasteiger partial charge in [-0.2, -0.15) is 0 Å². The average Bonchev–Trinajstić information content (AvgIpc) is 2.62. The molecule has 2 N–H and O–H groups in total. The number of hydrogen-bond donors (Lipinski definition) is 2. The lowest BCUT2D eigenvalue weighted by atomic mass is 10.0. The van der Waals surface area contributed by atoms with E-state index in [1.807, 2.05) is 0 Å². The van der Waals surface area contributed by atoms with Crippen molar-refractivity contribution in [2.24, 2.45) is 0 Å². The van der Waals surface area contributed by atoms with Crippen LogP contribution in [0.15, 0.2) is 42.5 Å². The number of amides is 2. The maximum Gasteiger partial charge on any atom is 0.256 e. The van der Waals surface area contributed by atoms with Gasteiger partial charge in [-0.1, -0.05) is 12.1 Å². The Morgan fingerprint density at radius 3 is 2.38 bits per heavy atom. The van der Waals surface area contributed by atoms with Crippen molar-refractivity contribution in [3.63, 3.8) is 0 Å². The molecule has 0 aromatic heterocycles. The minimum absolute atomic E-state index is 0.0931. The Hall–Kier alpha value is -2.96. The molecule has 2 aromatic carbocycles. The molecule has 0 unspecified atom stereocenters. The van der Waals surface area contributed by atoms with E-state index in [0.29, 0.717) is 32.0 Å². The van der Waals surface area contributed by atoms with Crippen LogP contribution < -0.4 is 5.32 Å². The van der Waals surface area contributed by atoms with Crippen LogP contribution in [0.5, 0.6) is 5.75 Å². The van der Waals surface area contributed by atoms with Crippen molar-refractivity contribution in [2.75, 3.05) is 13.1 Å². The van der Waals surface area contributed by atoms with Crippen molar-refractivity contribution < 1.29 is 23.5 Å². The molecule has 1 heterocycles. The van der Waals surface area contributed by atoms with Gasteiger partial charge < -0.3 is 15.3 Å². The van der Waals surface area contributed by atoms with Crippen molar-refractivity contribution in [1.29, 1.82) is 0 Å². The summed E-state index contributed by atoms with van der Waals surface area (Å²) >= 11 is 0. The number of benzene rings is 2. The van der Waals surface area contributed by atoms with E-state index in [9.17, 15) is 23.5 Å². The van der Waals surface area contributed by atoms with E-state index >= 15 is 0 Å². The van der Waals surface area contributed by atoms with Crippen LogP contribution in [0, 0.1) is 11.6 Å². The molecule has 26 heavy (non-hydrogen) atoms. The molecule has 0 atom stereocenters. The molecule has 0 spiro atoms. The molecule has 0 bridgehead atoms. The molecule has 1 aliphatic rings. The molecule has 3 rings (SSSR count). The molecule has 5 nitrogen and oxygen atoms in total. The fourth-order valence-corrected chi connectivity index (χ4v) is 2.99. The number of hydrogen-bond acceptors (Lipinski definition) is 3. The van der Waals surface area contributed by atoms with Crippen LogP contribution in [-0.4, -0.2) is 41.0 Å². The van der Waals surface area contributed by atoms with E-state index in [1.54, 1.807) is 12.1 Å². The average molecular weight is 360 g/mol. The number of carbonyl (C=O) groups is 2. The molecule has 2 amide bonds. The summed E-state index contributed by atoms with van der Waals surface area (Å²) in [6, 6.07) is 8.98. The second kappa shape index (κ2) is 7.51. The fraction of sp³-hybridized carbons (Fsp3) is 0.263. The molecule has 0 radical (unpaired) electrons.